The average molecular weight is 335 g/mol. The third-order valence-electron chi connectivity index (χ3n) is 4.76. The van der Waals surface area contributed by atoms with Crippen LogP contribution < -0.4 is 5.73 Å². The lowest BCUT2D eigenvalue weighted by Crippen LogP contribution is -2.14. The second kappa shape index (κ2) is 7.38. The van der Waals surface area contributed by atoms with Gasteiger partial charge in [-0.15, -0.1) is 0 Å². The zero-order valence-corrected chi connectivity index (χ0v) is 14.5. The van der Waals surface area contributed by atoms with Crippen molar-refractivity contribution in [3.8, 4) is 22.3 Å². The third-order valence-corrected chi connectivity index (χ3v) is 4.76. The molecule has 126 valence electrons. The number of hydrogen-bond donors (Lipinski definition) is 1. The first-order valence-electron chi connectivity index (χ1n) is 8.89. The summed E-state index contributed by atoms with van der Waals surface area (Å²) < 4.78 is 0. The summed E-state index contributed by atoms with van der Waals surface area (Å²) in [7, 11) is 0. The SMILES string of the molecule is NC(c1ccccc1-c1ccccc1)c1ccccc1-c1ccccc1. The van der Waals surface area contributed by atoms with Gasteiger partial charge in [0, 0.05) is 0 Å². The molecular weight excluding hydrogens is 314 g/mol. The minimum atomic E-state index is -0.192. The quantitative estimate of drug-likeness (QED) is 0.481. The predicted octanol–water partition coefficient (Wildman–Crippen LogP) is 6.07. The first-order valence-corrected chi connectivity index (χ1v) is 8.89. The molecule has 0 amide bonds. The summed E-state index contributed by atoms with van der Waals surface area (Å²) in [6.45, 7) is 0. The van der Waals surface area contributed by atoms with Gasteiger partial charge in [0.2, 0.25) is 0 Å². The van der Waals surface area contributed by atoms with Crippen LogP contribution in [0, 0.1) is 0 Å². The van der Waals surface area contributed by atoms with E-state index in [4.69, 9.17) is 5.73 Å². The molecule has 4 rings (SSSR count). The highest BCUT2D eigenvalue weighted by Gasteiger charge is 2.17. The number of benzene rings is 4. The van der Waals surface area contributed by atoms with Gasteiger partial charge in [-0.3, -0.25) is 0 Å². The zero-order valence-electron chi connectivity index (χ0n) is 14.5. The van der Waals surface area contributed by atoms with Gasteiger partial charge < -0.3 is 5.73 Å². The molecule has 2 N–H and O–H groups in total. The lowest BCUT2D eigenvalue weighted by molar-refractivity contribution is 0.876. The minimum Gasteiger partial charge on any atom is -0.320 e. The van der Waals surface area contributed by atoms with Gasteiger partial charge in [0.25, 0.3) is 0 Å². The maximum atomic E-state index is 6.79. The fraction of sp³-hybridized carbons (Fsp3) is 0.0400. The second-order valence-electron chi connectivity index (χ2n) is 6.38. The van der Waals surface area contributed by atoms with Crippen LogP contribution in [0.1, 0.15) is 17.2 Å². The van der Waals surface area contributed by atoms with Gasteiger partial charge in [0.05, 0.1) is 6.04 Å². The molecule has 0 atom stereocenters. The van der Waals surface area contributed by atoms with Crippen LogP contribution in [0.4, 0.5) is 0 Å². The molecule has 0 spiro atoms. The van der Waals surface area contributed by atoms with Gasteiger partial charge in [-0.2, -0.15) is 0 Å². The molecule has 0 aliphatic heterocycles. The normalized spacial score (nSPS) is 10.8. The second-order valence-corrected chi connectivity index (χ2v) is 6.38. The smallest absolute Gasteiger partial charge is 0.0563 e. The highest BCUT2D eigenvalue weighted by Crippen LogP contribution is 2.34. The molecule has 0 saturated heterocycles. The Morgan fingerprint density at radius 1 is 0.423 bits per heavy atom. The summed E-state index contributed by atoms with van der Waals surface area (Å²) >= 11 is 0. The monoisotopic (exact) mass is 335 g/mol. The summed E-state index contributed by atoms with van der Waals surface area (Å²) in [6, 6.07) is 37.5. The molecule has 1 heteroatoms. The van der Waals surface area contributed by atoms with Crippen LogP contribution in [0.2, 0.25) is 0 Å². The highest BCUT2D eigenvalue weighted by atomic mass is 14.6. The van der Waals surface area contributed by atoms with Crippen molar-refractivity contribution in [3.05, 3.63) is 120 Å². The number of hydrogen-bond acceptors (Lipinski definition) is 1. The first-order chi connectivity index (χ1) is 12.8. The Labute approximate surface area is 154 Å². The molecule has 0 heterocycles. The van der Waals surface area contributed by atoms with Crippen LogP contribution >= 0.6 is 0 Å². The van der Waals surface area contributed by atoms with Gasteiger partial charge in [0.1, 0.15) is 0 Å². The van der Waals surface area contributed by atoms with E-state index in [2.05, 4.69) is 97.1 Å². The molecule has 0 aromatic heterocycles. The Kier molecular flexibility index (Phi) is 4.63. The molecule has 0 bridgehead atoms. The first kappa shape index (κ1) is 16.3. The van der Waals surface area contributed by atoms with E-state index in [1.165, 1.54) is 22.3 Å². The Morgan fingerprint density at radius 3 is 1.19 bits per heavy atom. The molecular formula is C25H21N. The maximum absolute atomic E-state index is 6.79. The molecule has 0 radical (unpaired) electrons. The predicted molar refractivity (Wildman–Crippen MR) is 110 cm³/mol. The maximum Gasteiger partial charge on any atom is 0.0563 e. The third kappa shape index (κ3) is 3.17. The molecule has 4 aromatic rings. The molecule has 26 heavy (non-hydrogen) atoms. The van der Waals surface area contributed by atoms with Crippen molar-refractivity contribution in [2.75, 3.05) is 0 Å². The lowest BCUT2D eigenvalue weighted by atomic mass is 9.88. The summed E-state index contributed by atoms with van der Waals surface area (Å²) in [5, 5.41) is 0. The van der Waals surface area contributed by atoms with Gasteiger partial charge in [-0.25, -0.2) is 0 Å². The van der Waals surface area contributed by atoms with Crippen LogP contribution in [0.5, 0.6) is 0 Å². The largest absolute Gasteiger partial charge is 0.320 e. The fourth-order valence-corrected chi connectivity index (χ4v) is 3.47. The Hall–Kier alpha value is -3.16. The Morgan fingerprint density at radius 2 is 0.769 bits per heavy atom. The van der Waals surface area contributed by atoms with Crippen molar-refractivity contribution in [2.24, 2.45) is 5.73 Å². The summed E-state index contributed by atoms with van der Waals surface area (Å²) in [4.78, 5) is 0. The molecule has 4 aromatic carbocycles. The highest BCUT2D eigenvalue weighted by molar-refractivity contribution is 5.72. The lowest BCUT2D eigenvalue weighted by Gasteiger charge is -2.20. The summed E-state index contributed by atoms with van der Waals surface area (Å²) in [5.41, 5.74) is 13.8. The summed E-state index contributed by atoms with van der Waals surface area (Å²) in [6.07, 6.45) is 0. The van der Waals surface area contributed by atoms with Gasteiger partial charge in [-0.1, -0.05) is 109 Å². The molecule has 0 unspecified atom stereocenters. The summed E-state index contributed by atoms with van der Waals surface area (Å²) in [5.74, 6) is 0. The van der Waals surface area contributed by atoms with Gasteiger partial charge >= 0.3 is 0 Å². The van der Waals surface area contributed by atoms with Crippen molar-refractivity contribution in [3.63, 3.8) is 0 Å². The van der Waals surface area contributed by atoms with E-state index < -0.39 is 0 Å². The molecule has 1 nitrogen and oxygen atoms in total. The molecule has 0 saturated carbocycles. The van der Waals surface area contributed by atoms with E-state index in [0.29, 0.717) is 0 Å². The Bertz CT molecular complexity index is 908. The van der Waals surface area contributed by atoms with Crippen molar-refractivity contribution >= 4 is 0 Å². The van der Waals surface area contributed by atoms with E-state index in [0.717, 1.165) is 11.1 Å². The zero-order chi connectivity index (χ0) is 17.8. The van der Waals surface area contributed by atoms with Crippen LogP contribution in [0.25, 0.3) is 22.3 Å². The molecule has 0 aliphatic rings. The number of nitrogens with two attached hydrogens (primary N) is 1. The van der Waals surface area contributed by atoms with Crippen LogP contribution in [-0.4, -0.2) is 0 Å². The van der Waals surface area contributed by atoms with Gasteiger partial charge in [0.15, 0.2) is 0 Å². The van der Waals surface area contributed by atoms with Crippen LogP contribution in [-0.2, 0) is 0 Å². The number of rotatable bonds is 4. The topological polar surface area (TPSA) is 26.0 Å². The molecule has 0 fully saturated rings. The average Bonchev–Trinajstić information content (AvgIpc) is 2.74. The van der Waals surface area contributed by atoms with Crippen molar-refractivity contribution in [1.82, 2.24) is 0 Å². The van der Waals surface area contributed by atoms with E-state index >= 15 is 0 Å². The van der Waals surface area contributed by atoms with Crippen LogP contribution in [0.3, 0.4) is 0 Å². The standard InChI is InChI=1S/C25H21N/c26-25(23-17-9-7-15-21(23)19-11-3-1-4-12-19)24-18-10-8-16-22(24)20-13-5-2-6-14-20/h1-18,25H,26H2. The van der Waals surface area contributed by atoms with E-state index in [1.54, 1.807) is 0 Å². The van der Waals surface area contributed by atoms with Crippen molar-refractivity contribution < 1.29 is 0 Å². The van der Waals surface area contributed by atoms with Gasteiger partial charge in [-0.05, 0) is 33.4 Å². The minimum absolute atomic E-state index is 0.192. The van der Waals surface area contributed by atoms with E-state index in [1.807, 2.05) is 12.1 Å². The molecule has 0 aliphatic carbocycles. The Balaban J connectivity index is 1.83. The van der Waals surface area contributed by atoms with Crippen molar-refractivity contribution in [2.45, 2.75) is 6.04 Å². The fourth-order valence-electron chi connectivity index (χ4n) is 3.47. The van der Waals surface area contributed by atoms with E-state index in [9.17, 15) is 0 Å². The van der Waals surface area contributed by atoms with E-state index in [-0.39, 0.29) is 6.04 Å². The van der Waals surface area contributed by atoms with Crippen molar-refractivity contribution in [1.29, 1.82) is 0 Å². The van der Waals surface area contributed by atoms with Crippen LogP contribution in [0.15, 0.2) is 109 Å².